The van der Waals surface area contributed by atoms with Gasteiger partial charge in [-0.1, -0.05) is 6.92 Å². The zero-order valence-electron chi connectivity index (χ0n) is 8.56. The molecule has 1 rings (SSSR count). The number of nitrogen functional groups attached to an aromatic ring is 1. The Morgan fingerprint density at radius 3 is 2.50 bits per heavy atom. The maximum Gasteiger partial charge on any atom is 0.416 e. The third kappa shape index (κ3) is 2.91. The number of amidine groups is 1. The van der Waals surface area contributed by atoms with E-state index < -0.39 is 11.7 Å². The largest absolute Gasteiger partial charge is 0.416 e. The molecule has 0 heterocycles. The van der Waals surface area contributed by atoms with Gasteiger partial charge in [-0.25, -0.2) is 0 Å². The molecule has 0 aliphatic carbocycles. The Bertz CT molecular complexity index is 402. The summed E-state index contributed by atoms with van der Waals surface area (Å²) in [5.41, 5.74) is 4.62. The second kappa shape index (κ2) is 4.78. The van der Waals surface area contributed by atoms with E-state index in [2.05, 4.69) is 0 Å². The summed E-state index contributed by atoms with van der Waals surface area (Å²) in [6.07, 6.45) is -4.40. The van der Waals surface area contributed by atoms with E-state index in [1.807, 2.05) is 6.92 Å². The summed E-state index contributed by atoms with van der Waals surface area (Å²) in [6, 6.07) is 3.28. The number of hydrogen-bond acceptors (Lipinski definition) is 2. The van der Waals surface area contributed by atoms with Crippen LogP contribution in [0.25, 0.3) is 0 Å². The molecule has 16 heavy (non-hydrogen) atoms. The number of rotatable bonds is 3. The molecule has 6 heteroatoms. The minimum absolute atomic E-state index is 0.140. The van der Waals surface area contributed by atoms with Crippen LogP contribution in [0.15, 0.2) is 23.1 Å². The molecule has 0 atom stereocenters. The van der Waals surface area contributed by atoms with Gasteiger partial charge in [-0.2, -0.15) is 13.2 Å². The van der Waals surface area contributed by atoms with Crippen molar-refractivity contribution in [2.75, 3.05) is 5.75 Å². The van der Waals surface area contributed by atoms with Gasteiger partial charge in [0.05, 0.1) is 5.56 Å². The van der Waals surface area contributed by atoms with E-state index in [1.165, 1.54) is 17.8 Å². The standard InChI is InChI=1S/C10H11F3N2S/c1-2-16-8-4-3-6(10(11,12)13)5-7(8)9(14)15/h3-5H,2H2,1H3,(H3,14,15). The average Bonchev–Trinajstić information content (AvgIpc) is 2.16. The molecule has 1 aromatic rings. The molecular weight excluding hydrogens is 237 g/mol. The first-order chi connectivity index (χ1) is 7.36. The first-order valence-electron chi connectivity index (χ1n) is 4.54. The predicted molar refractivity (Wildman–Crippen MR) is 58.9 cm³/mol. The second-order valence-electron chi connectivity index (χ2n) is 3.06. The Balaban J connectivity index is 3.23. The number of nitrogens with two attached hydrogens (primary N) is 1. The van der Waals surface area contributed by atoms with Gasteiger partial charge in [-0.15, -0.1) is 11.8 Å². The Morgan fingerprint density at radius 2 is 2.06 bits per heavy atom. The first-order valence-corrected chi connectivity index (χ1v) is 5.53. The minimum atomic E-state index is -4.40. The molecule has 0 unspecified atom stereocenters. The lowest BCUT2D eigenvalue weighted by atomic mass is 10.1. The Hall–Kier alpha value is -1.17. The molecule has 0 amide bonds. The Kier molecular flexibility index (Phi) is 3.85. The van der Waals surface area contributed by atoms with Gasteiger partial charge >= 0.3 is 6.18 Å². The van der Waals surface area contributed by atoms with Gasteiger partial charge in [0.1, 0.15) is 5.84 Å². The molecule has 0 bridgehead atoms. The van der Waals surface area contributed by atoms with Crippen molar-refractivity contribution in [3.05, 3.63) is 29.3 Å². The van der Waals surface area contributed by atoms with E-state index in [0.29, 0.717) is 10.6 Å². The van der Waals surface area contributed by atoms with Gasteiger partial charge in [-0.3, -0.25) is 5.41 Å². The number of benzene rings is 1. The number of halogens is 3. The molecule has 0 saturated carbocycles. The highest BCUT2D eigenvalue weighted by Crippen LogP contribution is 2.32. The van der Waals surface area contributed by atoms with E-state index >= 15 is 0 Å². The molecule has 2 nitrogen and oxygen atoms in total. The summed E-state index contributed by atoms with van der Waals surface area (Å²) in [6.45, 7) is 1.88. The van der Waals surface area contributed by atoms with Crippen molar-refractivity contribution in [1.82, 2.24) is 0 Å². The van der Waals surface area contributed by atoms with Crippen LogP contribution in [0, 0.1) is 5.41 Å². The van der Waals surface area contributed by atoms with E-state index in [9.17, 15) is 13.2 Å². The highest BCUT2D eigenvalue weighted by Gasteiger charge is 2.31. The number of alkyl halides is 3. The van der Waals surface area contributed by atoms with Crippen molar-refractivity contribution in [2.45, 2.75) is 18.0 Å². The molecule has 0 aromatic heterocycles. The molecule has 0 fully saturated rings. The van der Waals surface area contributed by atoms with Gasteiger partial charge in [-0.05, 0) is 24.0 Å². The van der Waals surface area contributed by atoms with Crippen molar-refractivity contribution in [3.8, 4) is 0 Å². The average molecular weight is 248 g/mol. The van der Waals surface area contributed by atoms with Crippen LogP contribution in [0.4, 0.5) is 13.2 Å². The van der Waals surface area contributed by atoms with E-state index in [-0.39, 0.29) is 11.4 Å². The normalized spacial score (nSPS) is 11.5. The SMILES string of the molecule is CCSc1ccc(C(F)(F)F)cc1C(=N)N. The summed E-state index contributed by atoms with van der Waals surface area (Å²) in [5, 5.41) is 7.25. The fourth-order valence-electron chi connectivity index (χ4n) is 1.20. The Labute approximate surface area is 95.5 Å². The smallest absolute Gasteiger partial charge is 0.384 e. The van der Waals surface area contributed by atoms with E-state index in [0.717, 1.165) is 12.1 Å². The zero-order chi connectivity index (χ0) is 12.3. The van der Waals surface area contributed by atoms with Crippen LogP contribution < -0.4 is 5.73 Å². The van der Waals surface area contributed by atoms with Crippen LogP contribution in [-0.2, 0) is 6.18 Å². The molecule has 0 aliphatic heterocycles. The van der Waals surface area contributed by atoms with Crippen LogP contribution >= 0.6 is 11.8 Å². The third-order valence-electron chi connectivity index (χ3n) is 1.90. The maximum atomic E-state index is 12.4. The number of thioether (sulfide) groups is 1. The van der Waals surface area contributed by atoms with Crippen LogP contribution in [0.1, 0.15) is 18.1 Å². The molecule has 0 saturated heterocycles. The van der Waals surface area contributed by atoms with Crippen LogP contribution in [0.3, 0.4) is 0 Å². The summed E-state index contributed by atoms with van der Waals surface area (Å²) < 4.78 is 37.3. The fraction of sp³-hybridized carbons (Fsp3) is 0.300. The lowest BCUT2D eigenvalue weighted by molar-refractivity contribution is -0.137. The molecule has 0 aliphatic rings. The predicted octanol–water partition coefficient (Wildman–Crippen LogP) is 3.10. The monoisotopic (exact) mass is 248 g/mol. The van der Waals surface area contributed by atoms with Crippen molar-refractivity contribution in [3.63, 3.8) is 0 Å². The highest BCUT2D eigenvalue weighted by atomic mass is 32.2. The molecule has 0 radical (unpaired) electrons. The fourth-order valence-corrected chi connectivity index (χ4v) is 2.00. The van der Waals surface area contributed by atoms with Crippen LogP contribution in [0.2, 0.25) is 0 Å². The lowest BCUT2D eigenvalue weighted by Gasteiger charge is -2.11. The topological polar surface area (TPSA) is 49.9 Å². The van der Waals surface area contributed by atoms with Gasteiger partial charge in [0.25, 0.3) is 0 Å². The maximum absolute atomic E-state index is 12.4. The Morgan fingerprint density at radius 1 is 1.44 bits per heavy atom. The molecule has 88 valence electrons. The van der Waals surface area contributed by atoms with Gasteiger partial charge in [0, 0.05) is 10.5 Å². The van der Waals surface area contributed by atoms with Gasteiger partial charge in [0.15, 0.2) is 0 Å². The molecule has 1 aromatic carbocycles. The summed E-state index contributed by atoms with van der Waals surface area (Å²) in [7, 11) is 0. The molecule has 3 N–H and O–H groups in total. The summed E-state index contributed by atoms with van der Waals surface area (Å²) in [5.74, 6) is 0.369. The third-order valence-corrected chi connectivity index (χ3v) is 2.85. The van der Waals surface area contributed by atoms with Crippen LogP contribution in [-0.4, -0.2) is 11.6 Å². The van der Waals surface area contributed by atoms with Crippen molar-refractivity contribution < 1.29 is 13.2 Å². The number of nitrogens with one attached hydrogen (secondary N) is 1. The first kappa shape index (κ1) is 12.9. The van der Waals surface area contributed by atoms with Crippen molar-refractivity contribution in [1.29, 1.82) is 5.41 Å². The quantitative estimate of drug-likeness (QED) is 0.490. The van der Waals surface area contributed by atoms with Gasteiger partial charge < -0.3 is 5.73 Å². The molecule has 0 spiro atoms. The van der Waals surface area contributed by atoms with Crippen molar-refractivity contribution >= 4 is 17.6 Å². The lowest BCUT2D eigenvalue weighted by Crippen LogP contribution is -2.15. The van der Waals surface area contributed by atoms with Gasteiger partial charge in [0.2, 0.25) is 0 Å². The van der Waals surface area contributed by atoms with Crippen LogP contribution in [0.5, 0.6) is 0 Å². The summed E-state index contributed by atoms with van der Waals surface area (Å²) in [4.78, 5) is 0.600. The minimum Gasteiger partial charge on any atom is -0.384 e. The van der Waals surface area contributed by atoms with Crippen molar-refractivity contribution in [2.24, 2.45) is 5.73 Å². The second-order valence-corrected chi connectivity index (χ2v) is 4.36. The highest BCUT2D eigenvalue weighted by molar-refractivity contribution is 7.99. The summed E-state index contributed by atoms with van der Waals surface area (Å²) >= 11 is 1.36. The van der Waals surface area contributed by atoms with E-state index in [4.69, 9.17) is 11.1 Å². The van der Waals surface area contributed by atoms with E-state index in [1.54, 1.807) is 0 Å². The molecular formula is C10H11F3N2S. The number of hydrogen-bond donors (Lipinski definition) is 2. The zero-order valence-corrected chi connectivity index (χ0v) is 9.38.